The van der Waals surface area contributed by atoms with E-state index < -0.39 is 0 Å². The minimum absolute atomic E-state index is 0.182. The van der Waals surface area contributed by atoms with Crippen molar-refractivity contribution in [3.63, 3.8) is 0 Å². The van der Waals surface area contributed by atoms with Crippen molar-refractivity contribution in [3.8, 4) is 0 Å². The standard InChI is InChI=1S/C11H14FN/c1-9-5-6-11(12)10(8-9)4-2-3-7-13/h2,4-6,8H,3,7,13H2,1H3. The van der Waals surface area contributed by atoms with Gasteiger partial charge in [-0.2, -0.15) is 0 Å². The molecule has 0 bridgehead atoms. The van der Waals surface area contributed by atoms with Crippen molar-refractivity contribution in [3.05, 3.63) is 41.2 Å². The highest BCUT2D eigenvalue weighted by Gasteiger charge is 1.96. The summed E-state index contributed by atoms with van der Waals surface area (Å²) in [6.07, 6.45) is 4.44. The predicted octanol–water partition coefficient (Wildman–Crippen LogP) is 2.50. The lowest BCUT2D eigenvalue weighted by Crippen LogP contribution is -1.95. The van der Waals surface area contributed by atoms with Gasteiger partial charge in [-0.25, -0.2) is 4.39 Å². The van der Waals surface area contributed by atoms with Crippen LogP contribution in [0.2, 0.25) is 0 Å². The summed E-state index contributed by atoms with van der Waals surface area (Å²) in [6, 6.07) is 5.06. The van der Waals surface area contributed by atoms with Crippen LogP contribution >= 0.6 is 0 Å². The number of benzene rings is 1. The molecule has 0 atom stereocenters. The molecule has 0 aromatic heterocycles. The van der Waals surface area contributed by atoms with E-state index >= 15 is 0 Å². The third-order valence-corrected chi connectivity index (χ3v) is 1.78. The summed E-state index contributed by atoms with van der Waals surface area (Å²) in [4.78, 5) is 0. The van der Waals surface area contributed by atoms with Gasteiger partial charge in [-0.15, -0.1) is 0 Å². The highest BCUT2D eigenvalue weighted by atomic mass is 19.1. The van der Waals surface area contributed by atoms with E-state index in [0.717, 1.165) is 12.0 Å². The van der Waals surface area contributed by atoms with Crippen LogP contribution in [0.3, 0.4) is 0 Å². The van der Waals surface area contributed by atoms with Crippen molar-refractivity contribution < 1.29 is 4.39 Å². The van der Waals surface area contributed by atoms with Gasteiger partial charge < -0.3 is 5.73 Å². The molecule has 0 saturated heterocycles. The molecule has 70 valence electrons. The molecule has 1 aromatic carbocycles. The van der Waals surface area contributed by atoms with E-state index in [9.17, 15) is 4.39 Å². The van der Waals surface area contributed by atoms with Gasteiger partial charge in [-0.3, -0.25) is 0 Å². The number of nitrogens with two attached hydrogens (primary N) is 1. The van der Waals surface area contributed by atoms with Gasteiger partial charge in [0.15, 0.2) is 0 Å². The molecule has 0 unspecified atom stereocenters. The van der Waals surface area contributed by atoms with Gasteiger partial charge in [0.25, 0.3) is 0 Å². The summed E-state index contributed by atoms with van der Waals surface area (Å²) in [5.41, 5.74) is 7.01. The summed E-state index contributed by atoms with van der Waals surface area (Å²) >= 11 is 0. The van der Waals surface area contributed by atoms with E-state index in [1.165, 1.54) is 6.07 Å². The zero-order chi connectivity index (χ0) is 9.68. The van der Waals surface area contributed by atoms with Crippen LogP contribution in [0.25, 0.3) is 6.08 Å². The molecule has 0 fully saturated rings. The molecule has 0 aliphatic heterocycles. The summed E-state index contributed by atoms with van der Waals surface area (Å²) in [5, 5.41) is 0. The summed E-state index contributed by atoms with van der Waals surface area (Å²) in [5.74, 6) is -0.182. The summed E-state index contributed by atoms with van der Waals surface area (Å²) in [7, 11) is 0. The highest BCUT2D eigenvalue weighted by Crippen LogP contribution is 2.11. The molecule has 2 N–H and O–H groups in total. The van der Waals surface area contributed by atoms with Gasteiger partial charge in [0.1, 0.15) is 5.82 Å². The molecule has 2 heteroatoms. The van der Waals surface area contributed by atoms with Crippen molar-refractivity contribution in [2.24, 2.45) is 5.73 Å². The van der Waals surface area contributed by atoms with E-state index in [4.69, 9.17) is 5.73 Å². The molecule has 13 heavy (non-hydrogen) atoms. The maximum absolute atomic E-state index is 13.1. The van der Waals surface area contributed by atoms with E-state index in [0.29, 0.717) is 12.1 Å². The third-order valence-electron chi connectivity index (χ3n) is 1.78. The molecule has 0 heterocycles. The Hall–Kier alpha value is -1.15. The summed E-state index contributed by atoms with van der Waals surface area (Å²) < 4.78 is 13.1. The Balaban J connectivity index is 2.81. The molecular formula is C11H14FN. The Morgan fingerprint density at radius 1 is 1.46 bits per heavy atom. The van der Waals surface area contributed by atoms with Gasteiger partial charge in [0.05, 0.1) is 0 Å². The topological polar surface area (TPSA) is 26.0 Å². The van der Waals surface area contributed by atoms with Crippen LogP contribution in [-0.2, 0) is 0 Å². The fourth-order valence-electron chi connectivity index (χ4n) is 1.10. The van der Waals surface area contributed by atoms with E-state index in [1.807, 2.05) is 19.1 Å². The van der Waals surface area contributed by atoms with Crippen molar-refractivity contribution >= 4 is 6.08 Å². The first-order valence-corrected chi connectivity index (χ1v) is 4.37. The van der Waals surface area contributed by atoms with Gasteiger partial charge >= 0.3 is 0 Å². The number of rotatable bonds is 3. The Morgan fingerprint density at radius 3 is 2.92 bits per heavy atom. The Bertz CT molecular complexity index is 305. The fourth-order valence-corrected chi connectivity index (χ4v) is 1.10. The smallest absolute Gasteiger partial charge is 0.130 e. The summed E-state index contributed by atoms with van der Waals surface area (Å²) in [6.45, 7) is 2.55. The first-order valence-electron chi connectivity index (χ1n) is 4.37. The molecule has 1 nitrogen and oxygen atoms in total. The van der Waals surface area contributed by atoms with Gasteiger partial charge in [0, 0.05) is 5.56 Å². The van der Waals surface area contributed by atoms with E-state index in [1.54, 1.807) is 12.1 Å². The molecule has 0 radical (unpaired) electrons. The minimum Gasteiger partial charge on any atom is -0.330 e. The van der Waals surface area contributed by atoms with Gasteiger partial charge in [-0.1, -0.05) is 23.8 Å². The lowest BCUT2D eigenvalue weighted by molar-refractivity contribution is 0.624. The largest absolute Gasteiger partial charge is 0.330 e. The Labute approximate surface area is 78.1 Å². The zero-order valence-corrected chi connectivity index (χ0v) is 7.76. The molecule has 0 amide bonds. The van der Waals surface area contributed by atoms with Crippen LogP contribution in [0, 0.1) is 12.7 Å². The molecule has 1 rings (SSSR count). The second kappa shape index (κ2) is 4.77. The maximum atomic E-state index is 13.1. The van der Waals surface area contributed by atoms with Crippen molar-refractivity contribution in [1.82, 2.24) is 0 Å². The lowest BCUT2D eigenvalue weighted by Gasteiger charge is -1.98. The van der Waals surface area contributed by atoms with Crippen LogP contribution < -0.4 is 5.73 Å². The number of aryl methyl sites for hydroxylation is 1. The van der Waals surface area contributed by atoms with Crippen molar-refractivity contribution in [1.29, 1.82) is 0 Å². The average molecular weight is 179 g/mol. The van der Waals surface area contributed by atoms with Gasteiger partial charge in [0.2, 0.25) is 0 Å². The van der Waals surface area contributed by atoms with Gasteiger partial charge in [-0.05, 0) is 32.0 Å². The average Bonchev–Trinajstić information content (AvgIpc) is 2.11. The SMILES string of the molecule is Cc1ccc(F)c(C=CCCN)c1. The first kappa shape index (κ1) is 9.93. The second-order valence-electron chi connectivity index (χ2n) is 3.00. The maximum Gasteiger partial charge on any atom is 0.130 e. The van der Waals surface area contributed by atoms with Crippen LogP contribution in [0.1, 0.15) is 17.5 Å². The number of hydrogen-bond donors (Lipinski definition) is 1. The molecule has 0 spiro atoms. The predicted molar refractivity (Wildman–Crippen MR) is 53.8 cm³/mol. The molecular weight excluding hydrogens is 165 g/mol. The van der Waals surface area contributed by atoms with Crippen molar-refractivity contribution in [2.75, 3.05) is 6.54 Å². The molecule has 0 aliphatic carbocycles. The second-order valence-corrected chi connectivity index (χ2v) is 3.00. The van der Waals surface area contributed by atoms with Crippen molar-refractivity contribution in [2.45, 2.75) is 13.3 Å². The first-order chi connectivity index (χ1) is 6.24. The van der Waals surface area contributed by atoms with Crippen LogP contribution in [0.15, 0.2) is 24.3 Å². The fraction of sp³-hybridized carbons (Fsp3) is 0.273. The third kappa shape index (κ3) is 2.99. The number of hydrogen-bond acceptors (Lipinski definition) is 1. The minimum atomic E-state index is -0.182. The molecule has 0 saturated carbocycles. The normalized spacial score (nSPS) is 11.0. The zero-order valence-electron chi connectivity index (χ0n) is 7.76. The van der Waals surface area contributed by atoms with Crippen LogP contribution in [0.4, 0.5) is 4.39 Å². The van der Waals surface area contributed by atoms with E-state index in [2.05, 4.69) is 0 Å². The molecule has 0 aliphatic rings. The monoisotopic (exact) mass is 179 g/mol. The van der Waals surface area contributed by atoms with Crippen LogP contribution in [0.5, 0.6) is 0 Å². The highest BCUT2D eigenvalue weighted by molar-refractivity contribution is 5.51. The molecule has 1 aromatic rings. The Kier molecular flexibility index (Phi) is 3.65. The Morgan fingerprint density at radius 2 is 2.23 bits per heavy atom. The number of halogens is 1. The lowest BCUT2D eigenvalue weighted by atomic mass is 10.1. The van der Waals surface area contributed by atoms with E-state index in [-0.39, 0.29) is 5.82 Å². The quantitative estimate of drug-likeness (QED) is 0.758. The van der Waals surface area contributed by atoms with Crippen LogP contribution in [-0.4, -0.2) is 6.54 Å².